The summed E-state index contributed by atoms with van der Waals surface area (Å²) in [6.07, 6.45) is 5.94. The van der Waals surface area contributed by atoms with E-state index in [2.05, 4.69) is 34.5 Å². The Labute approximate surface area is 126 Å². The lowest BCUT2D eigenvalue weighted by Gasteiger charge is -2.45. The van der Waals surface area contributed by atoms with Crippen LogP contribution < -0.4 is 5.32 Å². The highest BCUT2D eigenvalue weighted by Crippen LogP contribution is 2.41. The highest BCUT2D eigenvalue weighted by atomic mass is 16.2. The minimum atomic E-state index is 0.142. The molecule has 0 aromatic heterocycles. The van der Waals surface area contributed by atoms with Crippen LogP contribution in [0, 0.1) is 5.41 Å². The van der Waals surface area contributed by atoms with E-state index in [1.807, 2.05) is 0 Å². The molecule has 112 valence electrons. The second kappa shape index (κ2) is 5.13. The first-order chi connectivity index (χ1) is 10.3. The number of nitrogens with zero attached hydrogens (tertiary/aromatic N) is 1. The van der Waals surface area contributed by atoms with Crippen molar-refractivity contribution in [1.29, 1.82) is 0 Å². The van der Waals surface area contributed by atoms with Crippen molar-refractivity contribution >= 4 is 5.91 Å². The highest BCUT2D eigenvalue weighted by molar-refractivity contribution is 5.87. The van der Waals surface area contributed by atoms with Gasteiger partial charge in [-0.1, -0.05) is 24.3 Å². The predicted molar refractivity (Wildman–Crippen MR) is 83.2 cm³/mol. The van der Waals surface area contributed by atoms with E-state index in [0.29, 0.717) is 11.3 Å². The molecule has 1 aliphatic carbocycles. The number of piperidine rings is 2. The van der Waals surface area contributed by atoms with Gasteiger partial charge in [0.1, 0.15) is 0 Å². The van der Waals surface area contributed by atoms with E-state index in [4.69, 9.17) is 0 Å². The molecular formula is C18H24N2O. The molecule has 1 spiro atoms. The topological polar surface area (TPSA) is 32.3 Å². The maximum absolute atomic E-state index is 12.7. The molecule has 21 heavy (non-hydrogen) atoms. The third-order valence-electron chi connectivity index (χ3n) is 5.95. The first-order valence-electron chi connectivity index (χ1n) is 8.35. The minimum absolute atomic E-state index is 0.142. The van der Waals surface area contributed by atoms with Crippen molar-refractivity contribution in [2.45, 2.75) is 38.0 Å². The van der Waals surface area contributed by atoms with E-state index in [1.165, 1.54) is 36.8 Å². The van der Waals surface area contributed by atoms with Crippen LogP contribution in [0.25, 0.3) is 0 Å². The van der Waals surface area contributed by atoms with Gasteiger partial charge in [-0.2, -0.15) is 0 Å². The van der Waals surface area contributed by atoms with E-state index >= 15 is 0 Å². The summed E-state index contributed by atoms with van der Waals surface area (Å²) >= 11 is 0. The minimum Gasteiger partial charge on any atom is -0.342 e. The van der Waals surface area contributed by atoms with E-state index in [9.17, 15) is 4.79 Å². The Balaban J connectivity index is 1.40. The van der Waals surface area contributed by atoms with E-state index in [-0.39, 0.29) is 5.92 Å². The second-order valence-corrected chi connectivity index (χ2v) is 7.03. The number of rotatable bonds is 1. The maximum Gasteiger partial charge on any atom is 0.230 e. The Morgan fingerprint density at radius 3 is 2.52 bits per heavy atom. The molecule has 2 saturated heterocycles. The SMILES string of the molecule is O=C(C1Cc2ccccc21)N1CCC2(CCNCC2)CC1. The van der Waals surface area contributed by atoms with Gasteiger partial charge in [-0.25, -0.2) is 0 Å². The lowest BCUT2D eigenvalue weighted by atomic mass is 9.71. The van der Waals surface area contributed by atoms with Crippen LogP contribution in [0.5, 0.6) is 0 Å². The Hall–Kier alpha value is -1.35. The molecule has 0 bridgehead atoms. The molecule has 1 amide bonds. The zero-order chi connectivity index (χ0) is 14.3. The number of carbonyl (C=O) groups is 1. The third kappa shape index (κ3) is 2.28. The highest BCUT2D eigenvalue weighted by Gasteiger charge is 2.40. The molecule has 3 aliphatic rings. The molecule has 1 unspecified atom stereocenters. The van der Waals surface area contributed by atoms with Crippen LogP contribution in [0.15, 0.2) is 24.3 Å². The van der Waals surface area contributed by atoms with Crippen molar-refractivity contribution in [1.82, 2.24) is 10.2 Å². The number of nitrogens with one attached hydrogen (secondary N) is 1. The van der Waals surface area contributed by atoms with Gasteiger partial charge in [0.2, 0.25) is 5.91 Å². The number of hydrogen-bond donors (Lipinski definition) is 1. The molecule has 1 atom stereocenters. The van der Waals surface area contributed by atoms with Crippen LogP contribution in [-0.2, 0) is 11.2 Å². The first-order valence-corrected chi connectivity index (χ1v) is 8.35. The number of benzene rings is 1. The molecule has 1 N–H and O–H groups in total. The molecule has 4 rings (SSSR count). The number of hydrogen-bond acceptors (Lipinski definition) is 2. The molecule has 1 aromatic rings. The Morgan fingerprint density at radius 2 is 1.81 bits per heavy atom. The van der Waals surface area contributed by atoms with Gasteiger partial charge in [0, 0.05) is 13.1 Å². The van der Waals surface area contributed by atoms with Crippen LogP contribution in [0.4, 0.5) is 0 Å². The fraction of sp³-hybridized carbons (Fsp3) is 0.611. The maximum atomic E-state index is 12.7. The molecular weight excluding hydrogens is 260 g/mol. The molecule has 0 saturated carbocycles. The van der Waals surface area contributed by atoms with Crippen LogP contribution in [0.3, 0.4) is 0 Å². The zero-order valence-corrected chi connectivity index (χ0v) is 12.6. The van der Waals surface area contributed by atoms with Gasteiger partial charge < -0.3 is 10.2 Å². The van der Waals surface area contributed by atoms with Crippen molar-refractivity contribution in [3.8, 4) is 0 Å². The van der Waals surface area contributed by atoms with Crippen molar-refractivity contribution in [2.24, 2.45) is 5.41 Å². The zero-order valence-electron chi connectivity index (χ0n) is 12.6. The van der Waals surface area contributed by atoms with Gasteiger partial charge in [0.25, 0.3) is 0 Å². The Bertz CT molecular complexity index is 538. The molecule has 0 radical (unpaired) electrons. The number of carbonyl (C=O) groups excluding carboxylic acids is 1. The number of fused-ring (bicyclic) bond motifs is 1. The summed E-state index contributed by atoms with van der Waals surface area (Å²) in [4.78, 5) is 14.9. The monoisotopic (exact) mass is 284 g/mol. The van der Waals surface area contributed by atoms with Crippen LogP contribution in [0.1, 0.15) is 42.7 Å². The molecule has 2 fully saturated rings. The van der Waals surface area contributed by atoms with E-state index in [1.54, 1.807) is 0 Å². The van der Waals surface area contributed by atoms with Crippen molar-refractivity contribution < 1.29 is 4.79 Å². The summed E-state index contributed by atoms with van der Waals surface area (Å²) < 4.78 is 0. The standard InChI is InChI=1S/C18H24N2O/c21-17(16-13-14-3-1-2-4-15(14)16)20-11-7-18(8-12-20)5-9-19-10-6-18/h1-4,16,19H,5-13H2. The van der Waals surface area contributed by atoms with Crippen molar-refractivity contribution in [2.75, 3.05) is 26.2 Å². The van der Waals surface area contributed by atoms with E-state index in [0.717, 1.165) is 32.6 Å². The molecule has 2 heterocycles. The molecule has 1 aromatic carbocycles. The van der Waals surface area contributed by atoms with Crippen LogP contribution in [0.2, 0.25) is 0 Å². The molecule has 3 heteroatoms. The fourth-order valence-corrected chi connectivity index (χ4v) is 4.36. The lowest BCUT2D eigenvalue weighted by molar-refractivity contribution is -0.136. The van der Waals surface area contributed by atoms with Gasteiger partial charge in [-0.15, -0.1) is 0 Å². The average molecular weight is 284 g/mol. The summed E-state index contributed by atoms with van der Waals surface area (Å²) in [6, 6.07) is 8.40. The third-order valence-corrected chi connectivity index (χ3v) is 5.95. The number of amides is 1. The smallest absolute Gasteiger partial charge is 0.230 e. The Kier molecular flexibility index (Phi) is 3.26. The second-order valence-electron chi connectivity index (χ2n) is 7.03. The fourth-order valence-electron chi connectivity index (χ4n) is 4.36. The lowest BCUT2D eigenvalue weighted by Crippen LogP contribution is -2.49. The predicted octanol–water partition coefficient (Wildman–Crippen LogP) is 2.32. The number of likely N-dealkylation sites (tertiary alicyclic amines) is 1. The summed E-state index contributed by atoms with van der Waals surface area (Å²) in [6.45, 7) is 4.25. The first kappa shape index (κ1) is 13.3. The largest absolute Gasteiger partial charge is 0.342 e. The summed E-state index contributed by atoms with van der Waals surface area (Å²) in [5.74, 6) is 0.515. The summed E-state index contributed by atoms with van der Waals surface area (Å²) in [7, 11) is 0. The van der Waals surface area contributed by atoms with E-state index < -0.39 is 0 Å². The quantitative estimate of drug-likeness (QED) is 0.858. The van der Waals surface area contributed by atoms with Crippen LogP contribution in [-0.4, -0.2) is 37.0 Å². The van der Waals surface area contributed by atoms with Gasteiger partial charge in [0.05, 0.1) is 5.92 Å². The molecule has 2 aliphatic heterocycles. The van der Waals surface area contributed by atoms with Crippen molar-refractivity contribution in [3.05, 3.63) is 35.4 Å². The van der Waals surface area contributed by atoms with Crippen molar-refractivity contribution in [3.63, 3.8) is 0 Å². The van der Waals surface area contributed by atoms with Gasteiger partial charge >= 0.3 is 0 Å². The normalized spacial score (nSPS) is 27.0. The average Bonchev–Trinajstić information content (AvgIpc) is 2.50. The summed E-state index contributed by atoms with van der Waals surface area (Å²) in [5.41, 5.74) is 3.16. The summed E-state index contributed by atoms with van der Waals surface area (Å²) in [5, 5.41) is 3.46. The van der Waals surface area contributed by atoms with Crippen LogP contribution >= 0.6 is 0 Å². The van der Waals surface area contributed by atoms with Gasteiger partial charge in [-0.05, 0) is 61.7 Å². The van der Waals surface area contributed by atoms with Gasteiger partial charge in [-0.3, -0.25) is 4.79 Å². The Morgan fingerprint density at radius 1 is 1.10 bits per heavy atom. The molecule has 3 nitrogen and oxygen atoms in total. The van der Waals surface area contributed by atoms with Gasteiger partial charge in [0.15, 0.2) is 0 Å².